The van der Waals surface area contributed by atoms with Gasteiger partial charge in [-0.3, -0.25) is 4.79 Å². The van der Waals surface area contributed by atoms with Crippen LogP contribution in [0, 0.1) is 0 Å². The number of carbonyl (C=O) groups excluding carboxylic acids is 1. The molecule has 1 rings (SSSR count). The van der Waals surface area contributed by atoms with Crippen LogP contribution in [-0.4, -0.2) is 39.4 Å². The fourth-order valence-electron chi connectivity index (χ4n) is 1.62. The van der Waals surface area contributed by atoms with Crippen LogP contribution in [-0.2, 0) is 9.47 Å². The Balaban J connectivity index is 2.17. The second kappa shape index (κ2) is 9.74. The standard InChI is InChI=1S/C14H21BrN2O3/c1-19-6-7-20-5-3-2-4-17-14(18)11-8-12(15)10-13(16)9-11/h8-10H,2-7,16H2,1H3,(H,17,18). The Hall–Kier alpha value is -1.11. The second-order valence-electron chi connectivity index (χ2n) is 4.34. The largest absolute Gasteiger partial charge is 0.399 e. The molecule has 0 fully saturated rings. The summed E-state index contributed by atoms with van der Waals surface area (Å²) in [4.78, 5) is 11.9. The molecule has 0 saturated carbocycles. The predicted octanol–water partition coefficient (Wildman–Crippen LogP) is 2.20. The number of methoxy groups -OCH3 is 1. The van der Waals surface area contributed by atoms with E-state index < -0.39 is 0 Å². The number of rotatable bonds is 9. The van der Waals surface area contributed by atoms with Gasteiger partial charge in [0, 0.05) is 36.0 Å². The molecule has 0 aliphatic rings. The zero-order valence-corrected chi connectivity index (χ0v) is 13.2. The van der Waals surface area contributed by atoms with Gasteiger partial charge in [-0.1, -0.05) is 15.9 Å². The van der Waals surface area contributed by atoms with Gasteiger partial charge in [0.15, 0.2) is 0 Å². The number of benzene rings is 1. The first kappa shape index (κ1) is 16.9. The van der Waals surface area contributed by atoms with E-state index in [0.717, 1.165) is 17.3 Å². The molecule has 5 nitrogen and oxygen atoms in total. The minimum absolute atomic E-state index is 0.113. The van der Waals surface area contributed by atoms with Crippen LogP contribution in [0.5, 0.6) is 0 Å². The lowest BCUT2D eigenvalue weighted by Crippen LogP contribution is -2.24. The minimum atomic E-state index is -0.113. The van der Waals surface area contributed by atoms with Gasteiger partial charge in [0.05, 0.1) is 13.2 Å². The quantitative estimate of drug-likeness (QED) is 0.532. The third-order valence-corrected chi connectivity index (χ3v) is 3.07. The van der Waals surface area contributed by atoms with E-state index in [1.807, 2.05) is 0 Å². The highest BCUT2D eigenvalue weighted by Gasteiger charge is 2.06. The summed E-state index contributed by atoms with van der Waals surface area (Å²) in [6.07, 6.45) is 1.78. The number of carbonyl (C=O) groups is 1. The number of hydrogen-bond acceptors (Lipinski definition) is 4. The molecule has 0 heterocycles. The summed E-state index contributed by atoms with van der Waals surface area (Å²) >= 11 is 3.32. The molecule has 1 aromatic rings. The van der Waals surface area contributed by atoms with E-state index in [9.17, 15) is 4.79 Å². The van der Waals surface area contributed by atoms with Crippen molar-refractivity contribution in [1.82, 2.24) is 5.32 Å². The maximum atomic E-state index is 11.9. The van der Waals surface area contributed by atoms with Crippen LogP contribution in [0.2, 0.25) is 0 Å². The summed E-state index contributed by atoms with van der Waals surface area (Å²) in [6.45, 7) is 2.53. The molecule has 0 bridgehead atoms. The van der Waals surface area contributed by atoms with E-state index in [0.29, 0.717) is 37.6 Å². The van der Waals surface area contributed by atoms with Crippen LogP contribution < -0.4 is 11.1 Å². The van der Waals surface area contributed by atoms with E-state index in [-0.39, 0.29) is 5.91 Å². The summed E-state index contributed by atoms with van der Waals surface area (Å²) in [5.41, 5.74) is 6.82. The van der Waals surface area contributed by atoms with E-state index in [1.54, 1.807) is 25.3 Å². The monoisotopic (exact) mass is 344 g/mol. The van der Waals surface area contributed by atoms with Gasteiger partial charge < -0.3 is 20.5 Å². The molecule has 0 saturated heterocycles. The number of amides is 1. The molecule has 0 aliphatic carbocycles. The molecule has 0 radical (unpaired) electrons. The van der Waals surface area contributed by atoms with Gasteiger partial charge in [-0.05, 0) is 31.0 Å². The predicted molar refractivity (Wildman–Crippen MR) is 82.8 cm³/mol. The number of ether oxygens (including phenoxy) is 2. The smallest absolute Gasteiger partial charge is 0.251 e. The van der Waals surface area contributed by atoms with Crippen molar-refractivity contribution in [3.05, 3.63) is 28.2 Å². The zero-order chi connectivity index (χ0) is 14.8. The van der Waals surface area contributed by atoms with Crippen LogP contribution in [0.4, 0.5) is 5.69 Å². The van der Waals surface area contributed by atoms with E-state index in [1.165, 1.54) is 0 Å². The summed E-state index contributed by atoms with van der Waals surface area (Å²) in [5, 5.41) is 2.86. The third-order valence-electron chi connectivity index (χ3n) is 2.62. The SMILES string of the molecule is COCCOCCCCNC(=O)c1cc(N)cc(Br)c1. The van der Waals surface area contributed by atoms with Gasteiger partial charge in [0.1, 0.15) is 0 Å². The maximum Gasteiger partial charge on any atom is 0.251 e. The van der Waals surface area contributed by atoms with Gasteiger partial charge >= 0.3 is 0 Å². The fourth-order valence-corrected chi connectivity index (χ4v) is 2.13. The molecule has 0 unspecified atom stereocenters. The number of hydrogen-bond donors (Lipinski definition) is 2. The average Bonchev–Trinajstić information content (AvgIpc) is 2.40. The molecule has 0 spiro atoms. The number of nitrogens with one attached hydrogen (secondary N) is 1. The van der Waals surface area contributed by atoms with E-state index >= 15 is 0 Å². The van der Waals surface area contributed by atoms with Crippen molar-refractivity contribution in [3.8, 4) is 0 Å². The number of anilines is 1. The van der Waals surface area contributed by atoms with Gasteiger partial charge in [-0.25, -0.2) is 0 Å². The first-order chi connectivity index (χ1) is 9.63. The highest BCUT2D eigenvalue weighted by atomic mass is 79.9. The van der Waals surface area contributed by atoms with Gasteiger partial charge in [-0.2, -0.15) is 0 Å². The van der Waals surface area contributed by atoms with Crippen LogP contribution in [0.3, 0.4) is 0 Å². The van der Waals surface area contributed by atoms with Crippen LogP contribution >= 0.6 is 15.9 Å². The molecule has 3 N–H and O–H groups in total. The third kappa shape index (κ3) is 6.88. The topological polar surface area (TPSA) is 73.6 Å². The lowest BCUT2D eigenvalue weighted by Gasteiger charge is -2.07. The fraction of sp³-hybridized carbons (Fsp3) is 0.500. The highest BCUT2D eigenvalue weighted by Crippen LogP contribution is 2.17. The molecular formula is C14H21BrN2O3. The van der Waals surface area contributed by atoms with Gasteiger partial charge in [0.25, 0.3) is 5.91 Å². The molecule has 112 valence electrons. The van der Waals surface area contributed by atoms with E-state index in [2.05, 4.69) is 21.2 Å². The molecule has 20 heavy (non-hydrogen) atoms. The van der Waals surface area contributed by atoms with Crippen LogP contribution in [0.1, 0.15) is 23.2 Å². The minimum Gasteiger partial charge on any atom is -0.399 e. The van der Waals surface area contributed by atoms with Crippen molar-refractivity contribution in [2.45, 2.75) is 12.8 Å². The lowest BCUT2D eigenvalue weighted by molar-refractivity contribution is 0.0686. The molecule has 1 aromatic carbocycles. The van der Waals surface area contributed by atoms with Crippen molar-refractivity contribution in [3.63, 3.8) is 0 Å². The second-order valence-corrected chi connectivity index (χ2v) is 5.26. The number of nitrogens with two attached hydrogens (primary N) is 1. The molecule has 0 aliphatic heterocycles. The summed E-state index contributed by atoms with van der Waals surface area (Å²) < 4.78 is 11.0. The van der Waals surface area contributed by atoms with Crippen LogP contribution in [0.15, 0.2) is 22.7 Å². The molecule has 0 aromatic heterocycles. The van der Waals surface area contributed by atoms with E-state index in [4.69, 9.17) is 15.2 Å². The Labute approximate surface area is 127 Å². The Morgan fingerprint density at radius 1 is 1.25 bits per heavy atom. The first-order valence-electron chi connectivity index (χ1n) is 6.54. The van der Waals surface area contributed by atoms with Crippen molar-refractivity contribution >= 4 is 27.5 Å². The van der Waals surface area contributed by atoms with Gasteiger partial charge in [0.2, 0.25) is 0 Å². The number of nitrogen functional groups attached to an aromatic ring is 1. The molecule has 0 atom stereocenters. The van der Waals surface area contributed by atoms with Crippen molar-refractivity contribution in [1.29, 1.82) is 0 Å². The molecule has 1 amide bonds. The lowest BCUT2D eigenvalue weighted by atomic mass is 10.2. The van der Waals surface area contributed by atoms with Crippen LogP contribution in [0.25, 0.3) is 0 Å². The zero-order valence-electron chi connectivity index (χ0n) is 11.7. The Morgan fingerprint density at radius 3 is 2.75 bits per heavy atom. The Bertz CT molecular complexity index is 407. The number of unbranched alkanes of at least 4 members (excludes halogenated alkanes) is 1. The first-order valence-corrected chi connectivity index (χ1v) is 7.33. The van der Waals surface area contributed by atoms with Crippen molar-refractivity contribution in [2.24, 2.45) is 0 Å². The average molecular weight is 345 g/mol. The summed E-state index contributed by atoms with van der Waals surface area (Å²) in [6, 6.07) is 5.17. The maximum absolute atomic E-state index is 11.9. The Kier molecular flexibility index (Phi) is 8.25. The molecular weight excluding hydrogens is 324 g/mol. The summed E-state index contributed by atoms with van der Waals surface area (Å²) in [5.74, 6) is -0.113. The highest BCUT2D eigenvalue weighted by molar-refractivity contribution is 9.10. The summed E-state index contributed by atoms with van der Waals surface area (Å²) in [7, 11) is 1.65. The van der Waals surface area contributed by atoms with Gasteiger partial charge in [-0.15, -0.1) is 0 Å². The van der Waals surface area contributed by atoms with Crippen molar-refractivity contribution in [2.75, 3.05) is 39.2 Å². The molecule has 6 heteroatoms. The normalized spacial score (nSPS) is 10.5. The Morgan fingerprint density at radius 2 is 2.05 bits per heavy atom. The number of halogens is 1. The van der Waals surface area contributed by atoms with Crippen molar-refractivity contribution < 1.29 is 14.3 Å².